The van der Waals surface area contributed by atoms with Crippen molar-refractivity contribution < 1.29 is 9.84 Å². The van der Waals surface area contributed by atoms with E-state index in [2.05, 4.69) is 37.9 Å². The van der Waals surface area contributed by atoms with Crippen molar-refractivity contribution in [1.29, 1.82) is 0 Å². The Bertz CT molecular complexity index is 489. The van der Waals surface area contributed by atoms with E-state index in [9.17, 15) is 0 Å². The van der Waals surface area contributed by atoms with Gasteiger partial charge in [0.05, 0.1) is 19.0 Å². The highest BCUT2D eigenvalue weighted by Crippen LogP contribution is 2.35. The molecule has 0 amide bonds. The summed E-state index contributed by atoms with van der Waals surface area (Å²) in [6.45, 7) is 0.0549. The Kier molecular flexibility index (Phi) is 3.26. The van der Waals surface area contributed by atoms with E-state index in [4.69, 9.17) is 15.6 Å². The number of aliphatic imine (C=N–C) groups is 1. The van der Waals surface area contributed by atoms with Crippen molar-refractivity contribution in [2.24, 2.45) is 10.7 Å². The van der Waals surface area contributed by atoms with Gasteiger partial charge in [0.15, 0.2) is 3.84 Å². The second kappa shape index (κ2) is 4.76. The zero-order chi connectivity index (χ0) is 12.7. The van der Waals surface area contributed by atoms with E-state index in [1.54, 1.807) is 6.33 Å². The van der Waals surface area contributed by atoms with E-state index < -0.39 is 6.17 Å². The minimum Gasteiger partial charge on any atom is -0.394 e. The molecule has 7 nitrogen and oxygen atoms in total. The predicted molar refractivity (Wildman–Crippen MR) is 74.5 cm³/mol. The fraction of sp³-hybridized carbons (Fsp3) is 0.600. The number of hydrogen-bond acceptors (Lipinski definition) is 6. The third-order valence-corrected chi connectivity index (χ3v) is 3.72. The van der Waals surface area contributed by atoms with E-state index in [0.29, 0.717) is 0 Å². The molecule has 0 radical (unpaired) electrons. The van der Waals surface area contributed by atoms with Crippen LogP contribution in [0.5, 0.6) is 0 Å². The molecule has 0 aliphatic carbocycles. The summed E-state index contributed by atoms with van der Waals surface area (Å²) in [6.07, 6.45) is 2.82. The Morgan fingerprint density at radius 2 is 2.44 bits per heavy atom. The Balaban J connectivity index is 1.88. The van der Waals surface area contributed by atoms with Gasteiger partial charge in [0, 0.05) is 0 Å². The number of fused-ring (bicyclic) bond motifs is 1. The lowest BCUT2D eigenvalue weighted by atomic mass is 10.2. The summed E-state index contributed by atoms with van der Waals surface area (Å²) in [4.78, 5) is 8.50. The molecule has 3 unspecified atom stereocenters. The van der Waals surface area contributed by atoms with Crippen LogP contribution in [0.15, 0.2) is 11.3 Å². The molecule has 2 aliphatic rings. The van der Waals surface area contributed by atoms with Gasteiger partial charge in [-0.2, -0.15) is 0 Å². The van der Waals surface area contributed by atoms with Crippen molar-refractivity contribution >= 4 is 32.3 Å². The monoisotopic (exact) mass is 363 g/mol. The van der Waals surface area contributed by atoms with Crippen molar-refractivity contribution in [3.63, 3.8) is 0 Å². The van der Waals surface area contributed by atoms with Crippen LogP contribution >= 0.6 is 22.6 Å². The van der Waals surface area contributed by atoms with Crippen molar-refractivity contribution in [3.05, 3.63) is 12.0 Å². The minimum absolute atomic E-state index is 0.0549. The van der Waals surface area contributed by atoms with Gasteiger partial charge in [0.2, 0.25) is 0 Å². The second-order valence-corrected chi connectivity index (χ2v) is 5.37. The van der Waals surface area contributed by atoms with E-state index in [-0.39, 0.29) is 18.9 Å². The summed E-state index contributed by atoms with van der Waals surface area (Å²) in [7, 11) is 0. The molecule has 8 heteroatoms. The normalized spacial score (nSPS) is 30.8. The van der Waals surface area contributed by atoms with Gasteiger partial charge >= 0.3 is 0 Å². The van der Waals surface area contributed by atoms with Crippen molar-refractivity contribution in [3.8, 4) is 0 Å². The molecule has 1 saturated heterocycles. The van der Waals surface area contributed by atoms with Crippen molar-refractivity contribution in [1.82, 2.24) is 9.55 Å². The molecule has 3 atom stereocenters. The Morgan fingerprint density at radius 3 is 3.17 bits per heavy atom. The molecular weight excluding hydrogens is 349 g/mol. The molecule has 4 N–H and O–H groups in total. The predicted octanol–water partition coefficient (Wildman–Crippen LogP) is 0.727. The van der Waals surface area contributed by atoms with Crippen LogP contribution in [0.1, 0.15) is 30.9 Å². The van der Waals surface area contributed by atoms with E-state index in [0.717, 1.165) is 28.2 Å². The molecule has 1 aromatic heterocycles. The fourth-order valence-corrected chi connectivity index (χ4v) is 2.83. The number of halogens is 1. The van der Waals surface area contributed by atoms with Gasteiger partial charge in [-0.1, -0.05) is 0 Å². The van der Waals surface area contributed by atoms with Crippen LogP contribution in [0.4, 0.5) is 5.82 Å². The first-order chi connectivity index (χ1) is 8.69. The number of hydrogen-bond donors (Lipinski definition) is 3. The summed E-state index contributed by atoms with van der Waals surface area (Å²) < 4.78 is 8.41. The first kappa shape index (κ1) is 12.3. The lowest BCUT2D eigenvalue weighted by Gasteiger charge is -2.21. The highest BCUT2D eigenvalue weighted by atomic mass is 127. The van der Waals surface area contributed by atoms with Crippen molar-refractivity contribution in [2.75, 3.05) is 11.9 Å². The van der Waals surface area contributed by atoms with Gasteiger partial charge in [-0.3, -0.25) is 4.57 Å². The number of anilines is 1. The zero-order valence-electron chi connectivity index (χ0n) is 9.58. The average Bonchev–Trinajstić information content (AvgIpc) is 2.93. The van der Waals surface area contributed by atoms with Crippen LogP contribution in [0.2, 0.25) is 0 Å². The molecule has 2 aliphatic heterocycles. The summed E-state index contributed by atoms with van der Waals surface area (Å²) in [6, 6.07) is 0. The molecule has 0 aromatic carbocycles. The second-order valence-electron chi connectivity index (χ2n) is 4.35. The SMILES string of the molecule is NC1N=C(I)Nc2c1ncn2C1CCC(CO)O1. The third kappa shape index (κ3) is 2.02. The Hall–Kier alpha value is -0.710. The summed E-state index contributed by atoms with van der Waals surface area (Å²) >= 11 is 2.09. The number of rotatable bonds is 2. The van der Waals surface area contributed by atoms with Crippen LogP contribution < -0.4 is 11.1 Å². The van der Waals surface area contributed by atoms with E-state index >= 15 is 0 Å². The van der Waals surface area contributed by atoms with Crippen LogP contribution in [0.25, 0.3) is 0 Å². The molecule has 3 heterocycles. The minimum atomic E-state index is -0.426. The first-order valence-corrected chi connectivity index (χ1v) is 6.86. The van der Waals surface area contributed by atoms with E-state index in [1.165, 1.54) is 0 Å². The first-order valence-electron chi connectivity index (χ1n) is 5.78. The fourth-order valence-electron chi connectivity index (χ4n) is 2.28. The largest absolute Gasteiger partial charge is 0.394 e. The summed E-state index contributed by atoms with van der Waals surface area (Å²) in [5.41, 5.74) is 6.64. The third-order valence-electron chi connectivity index (χ3n) is 3.18. The quantitative estimate of drug-likeness (QED) is 0.532. The lowest BCUT2D eigenvalue weighted by molar-refractivity contribution is -0.0214. The topological polar surface area (TPSA) is 97.7 Å². The Labute approximate surface area is 118 Å². The van der Waals surface area contributed by atoms with Crippen LogP contribution in [0.3, 0.4) is 0 Å². The maximum Gasteiger partial charge on any atom is 0.167 e. The van der Waals surface area contributed by atoms with Gasteiger partial charge in [-0.25, -0.2) is 9.98 Å². The molecule has 0 spiro atoms. The van der Waals surface area contributed by atoms with Crippen LogP contribution in [-0.2, 0) is 4.74 Å². The molecule has 1 aromatic rings. The number of amidine groups is 1. The molecule has 3 rings (SSSR count). The van der Waals surface area contributed by atoms with Gasteiger partial charge in [0.25, 0.3) is 0 Å². The van der Waals surface area contributed by atoms with Gasteiger partial charge < -0.3 is 20.9 Å². The number of imidazole rings is 1. The maximum absolute atomic E-state index is 9.10. The number of nitrogens with two attached hydrogens (primary N) is 1. The van der Waals surface area contributed by atoms with Crippen LogP contribution in [0, 0.1) is 0 Å². The van der Waals surface area contributed by atoms with Gasteiger partial charge in [0.1, 0.15) is 23.9 Å². The molecule has 0 bridgehead atoms. The smallest absolute Gasteiger partial charge is 0.167 e. The van der Waals surface area contributed by atoms with Crippen LogP contribution in [-0.4, -0.2) is 31.2 Å². The molecule has 1 fully saturated rings. The lowest BCUT2D eigenvalue weighted by Crippen LogP contribution is -2.23. The zero-order valence-corrected chi connectivity index (χ0v) is 11.7. The standard InChI is InChI=1S/C10H14IN5O2/c11-10-14-8(12)7-9(15-10)16(4-13-7)6-2-1-5(3-17)18-6/h4-6,8,17H,1-3,12H2,(H,14,15). The maximum atomic E-state index is 9.10. The number of aromatic nitrogens is 2. The average molecular weight is 363 g/mol. The van der Waals surface area contributed by atoms with E-state index in [1.807, 2.05) is 4.57 Å². The molecule has 0 saturated carbocycles. The number of aliphatic hydroxyl groups excluding tert-OH is 1. The van der Waals surface area contributed by atoms with Gasteiger partial charge in [-0.15, -0.1) is 0 Å². The summed E-state index contributed by atoms with van der Waals surface area (Å²) in [5.74, 6) is 0.838. The highest BCUT2D eigenvalue weighted by molar-refractivity contribution is 14.1. The highest BCUT2D eigenvalue weighted by Gasteiger charge is 2.31. The molecular formula is C10H14IN5O2. The molecule has 18 heavy (non-hydrogen) atoms. The number of nitrogens with one attached hydrogen (secondary N) is 1. The molecule has 98 valence electrons. The number of aliphatic hydroxyl groups is 1. The van der Waals surface area contributed by atoms with Gasteiger partial charge in [-0.05, 0) is 35.4 Å². The van der Waals surface area contributed by atoms with Crippen molar-refractivity contribution in [2.45, 2.75) is 31.3 Å². The summed E-state index contributed by atoms with van der Waals surface area (Å²) in [5, 5.41) is 12.3. The number of ether oxygens (including phenoxy) is 1. The Morgan fingerprint density at radius 1 is 1.61 bits per heavy atom. The number of nitrogens with zero attached hydrogens (tertiary/aromatic N) is 3.